The van der Waals surface area contributed by atoms with Crippen LogP contribution in [0, 0.1) is 10.1 Å². The van der Waals surface area contributed by atoms with Crippen LogP contribution in [-0.2, 0) is 0 Å². The van der Waals surface area contributed by atoms with Gasteiger partial charge in [0.15, 0.2) is 5.78 Å². The molecule has 0 radical (unpaired) electrons. The number of nitro benzene ring substituents is 1. The predicted octanol–water partition coefficient (Wildman–Crippen LogP) is 2.12. The van der Waals surface area contributed by atoms with Crippen LogP contribution in [0.15, 0.2) is 24.3 Å². The molecule has 0 aliphatic rings. The topological polar surface area (TPSA) is 63.5 Å². The van der Waals surface area contributed by atoms with E-state index in [4.69, 9.17) is 0 Å². The van der Waals surface area contributed by atoms with Crippen LogP contribution in [0.2, 0.25) is 0 Å². The van der Waals surface area contributed by atoms with Gasteiger partial charge in [-0.15, -0.1) is 0 Å². The van der Waals surface area contributed by atoms with E-state index in [0.717, 1.165) is 6.54 Å². The molecular formula is C12H16N2O3. The minimum atomic E-state index is -0.515. The van der Waals surface area contributed by atoms with Gasteiger partial charge < -0.3 is 4.90 Å². The molecule has 5 nitrogen and oxygen atoms in total. The predicted molar refractivity (Wildman–Crippen MR) is 65.2 cm³/mol. The first-order valence-corrected chi connectivity index (χ1v) is 5.43. The summed E-state index contributed by atoms with van der Waals surface area (Å²) in [6.45, 7) is 0.798. The highest BCUT2D eigenvalue weighted by molar-refractivity contribution is 5.99. The van der Waals surface area contributed by atoms with Gasteiger partial charge in [0.1, 0.15) is 0 Å². The summed E-state index contributed by atoms with van der Waals surface area (Å²) in [4.78, 5) is 24.0. The average Bonchev–Trinajstić information content (AvgIpc) is 2.28. The summed E-state index contributed by atoms with van der Waals surface area (Å²) in [5, 5.41) is 10.8. The van der Waals surface area contributed by atoms with E-state index in [1.54, 1.807) is 12.1 Å². The summed E-state index contributed by atoms with van der Waals surface area (Å²) >= 11 is 0. The van der Waals surface area contributed by atoms with Crippen molar-refractivity contribution in [2.24, 2.45) is 0 Å². The minimum Gasteiger partial charge on any atom is -0.309 e. The van der Waals surface area contributed by atoms with E-state index in [1.807, 2.05) is 19.0 Å². The van der Waals surface area contributed by atoms with E-state index < -0.39 is 4.92 Å². The number of rotatable bonds is 6. The van der Waals surface area contributed by atoms with Crippen LogP contribution in [-0.4, -0.2) is 36.2 Å². The Kier molecular flexibility index (Phi) is 4.78. The van der Waals surface area contributed by atoms with Gasteiger partial charge in [-0.2, -0.15) is 0 Å². The van der Waals surface area contributed by atoms with E-state index in [2.05, 4.69) is 0 Å². The molecule has 0 atom stereocenters. The molecule has 0 spiro atoms. The smallest absolute Gasteiger partial charge is 0.280 e. The normalized spacial score (nSPS) is 10.5. The van der Waals surface area contributed by atoms with Crippen LogP contribution in [0.25, 0.3) is 0 Å². The van der Waals surface area contributed by atoms with Gasteiger partial charge in [0.2, 0.25) is 0 Å². The zero-order valence-electron chi connectivity index (χ0n) is 10.0. The Bertz CT molecular complexity index is 416. The van der Waals surface area contributed by atoms with Gasteiger partial charge in [0.05, 0.1) is 10.5 Å². The van der Waals surface area contributed by atoms with Gasteiger partial charge in [-0.05, 0) is 33.1 Å². The standard InChI is InChI=1S/C12H16N2O3/c1-13(2)9-5-8-12(15)10-6-3-4-7-11(10)14(16)17/h3-4,6-7H,5,8-9H2,1-2H3. The fourth-order valence-corrected chi connectivity index (χ4v) is 1.56. The fraction of sp³-hybridized carbons (Fsp3) is 0.417. The van der Waals surface area contributed by atoms with Crippen LogP contribution in [0.5, 0.6) is 0 Å². The lowest BCUT2D eigenvalue weighted by Gasteiger charge is -2.08. The van der Waals surface area contributed by atoms with Crippen molar-refractivity contribution in [2.45, 2.75) is 12.8 Å². The van der Waals surface area contributed by atoms with Crippen molar-refractivity contribution in [3.63, 3.8) is 0 Å². The zero-order chi connectivity index (χ0) is 12.8. The molecule has 92 valence electrons. The average molecular weight is 236 g/mol. The molecule has 0 aliphatic carbocycles. The first-order chi connectivity index (χ1) is 8.02. The molecule has 1 aromatic rings. The number of carbonyl (C=O) groups is 1. The Balaban J connectivity index is 2.72. The molecule has 0 amide bonds. The fourth-order valence-electron chi connectivity index (χ4n) is 1.56. The second-order valence-electron chi connectivity index (χ2n) is 4.10. The quantitative estimate of drug-likeness (QED) is 0.431. The Morgan fingerprint density at radius 3 is 2.59 bits per heavy atom. The van der Waals surface area contributed by atoms with Gasteiger partial charge in [-0.3, -0.25) is 14.9 Å². The molecule has 0 bridgehead atoms. The van der Waals surface area contributed by atoms with Crippen molar-refractivity contribution >= 4 is 11.5 Å². The molecule has 0 saturated heterocycles. The maximum atomic E-state index is 11.8. The second-order valence-corrected chi connectivity index (χ2v) is 4.10. The number of para-hydroxylation sites is 1. The Labute approximate surface area is 100 Å². The van der Waals surface area contributed by atoms with Gasteiger partial charge >= 0.3 is 0 Å². The van der Waals surface area contributed by atoms with E-state index in [-0.39, 0.29) is 17.0 Å². The molecule has 0 aromatic heterocycles. The van der Waals surface area contributed by atoms with E-state index in [9.17, 15) is 14.9 Å². The van der Waals surface area contributed by atoms with E-state index in [1.165, 1.54) is 12.1 Å². The third kappa shape index (κ3) is 3.96. The van der Waals surface area contributed by atoms with Crippen molar-refractivity contribution in [2.75, 3.05) is 20.6 Å². The van der Waals surface area contributed by atoms with Crippen molar-refractivity contribution < 1.29 is 9.72 Å². The highest BCUT2D eigenvalue weighted by Crippen LogP contribution is 2.19. The number of ketones is 1. The number of nitro groups is 1. The minimum absolute atomic E-state index is 0.109. The van der Waals surface area contributed by atoms with Crippen LogP contribution >= 0.6 is 0 Å². The second kappa shape index (κ2) is 6.10. The Morgan fingerprint density at radius 1 is 1.35 bits per heavy atom. The highest BCUT2D eigenvalue weighted by atomic mass is 16.6. The molecule has 5 heteroatoms. The van der Waals surface area contributed by atoms with Gasteiger partial charge in [-0.1, -0.05) is 12.1 Å². The van der Waals surface area contributed by atoms with Gasteiger partial charge in [0.25, 0.3) is 5.69 Å². The molecule has 0 N–H and O–H groups in total. The number of Topliss-reactive ketones (excluding diaryl/α,β-unsaturated/α-hetero) is 1. The molecule has 0 fully saturated rings. The van der Waals surface area contributed by atoms with Crippen molar-refractivity contribution in [1.29, 1.82) is 0 Å². The lowest BCUT2D eigenvalue weighted by Crippen LogP contribution is -2.14. The Hall–Kier alpha value is -1.75. The number of carbonyl (C=O) groups excluding carboxylic acids is 1. The summed E-state index contributed by atoms with van der Waals surface area (Å²) in [7, 11) is 3.85. The third-order valence-corrected chi connectivity index (χ3v) is 2.41. The highest BCUT2D eigenvalue weighted by Gasteiger charge is 2.18. The molecule has 0 saturated carbocycles. The number of nitrogens with zero attached hydrogens (tertiary/aromatic N) is 2. The molecule has 17 heavy (non-hydrogen) atoms. The molecule has 0 aliphatic heterocycles. The van der Waals surface area contributed by atoms with Crippen molar-refractivity contribution in [1.82, 2.24) is 4.90 Å². The number of benzene rings is 1. The SMILES string of the molecule is CN(C)CCCC(=O)c1ccccc1[N+](=O)[O-]. The van der Waals surface area contributed by atoms with E-state index in [0.29, 0.717) is 12.8 Å². The number of hydrogen-bond donors (Lipinski definition) is 0. The number of hydrogen-bond acceptors (Lipinski definition) is 4. The third-order valence-electron chi connectivity index (χ3n) is 2.41. The lowest BCUT2D eigenvalue weighted by atomic mass is 10.0. The van der Waals surface area contributed by atoms with Gasteiger partial charge in [-0.25, -0.2) is 0 Å². The maximum absolute atomic E-state index is 11.8. The van der Waals surface area contributed by atoms with E-state index >= 15 is 0 Å². The summed E-state index contributed by atoms with van der Waals surface area (Å²) in [6.07, 6.45) is 1.04. The van der Waals surface area contributed by atoms with Crippen LogP contribution in [0.1, 0.15) is 23.2 Å². The summed E-state index contributed by atoms with van der Waals surface area (Å²) < 4.78 is 0. The monoisotopic (exact) mass is 236 g/mol. The van der Waals surface area contributed by atoms with Gasteiger partial charge in [0, 0.05) is 12.5 Å². The largest absolute Gasteiger partial charge is 0.309 e. The summed E-state index contributed by atoms with van der Waals surface area (Å²) in [6, 6.07) is 6.08. The molecule has 1 rings (SSSR count). The zero-order valence-corrected chi connectivity index (χ0v) is 10.0. The van der Waals surface area contributed by atoms with Crippen molar-refractivity contribution in [3.05, 3.63) is 39.9 Å². The first kappa shape index (κ1) is 13.3. The molecule has 1 aromatic carbocycles. The first-order valence-electron chi connectivity index (χ1n) is 5.43. The Morgan fingerprint density at radius 2 is 2.00 bits per heavy atom. The maximum Gasteiger partial charge on any atom is 0.280 e. The molecule has 0 unspecified atom stereocenters. The van der Waals surface area contributed by atoms with Crippen molar-refractivity contribution in [3.8, 4) is 0 Å². The molecule has 0 heterocycles. The molecular weight excluding hydrogens is 220 g/mol. The summed E-state index contributed by atoms with van der Waals surface area (Å²) in [5.41, 5.74) is 0.0959. The summed E-state index contributed by atoms with van der Waals surface area (Å²) in [5.74, 6) is -0.167. The van der Waals surface area contributed by atoms with Crippen LogP contribution in [0.3, 0.4) is 0 Å². The van der Waals surface area contributed by atoms with Crippen LogP contribution < -0.4 is 0 Å². The van der Waals surface area contributed by atoms with Crippen LogP contribution in [0.4, 0.5) is 5.69 Å². The lowest BCUT2D eigenvalue weighted by molar-refractivity contribution is -0.385.